The second kappa shape index (κ2) is 7.64. The normalized spacial score (nSPS) is 10.8. The number of hydrogen-bond donors (Lipinski definition) is 2. The van der Waals surface area contributed by atoms with E-state index in [9.17, 15) is 9.59 Å². The Morgan fingerprint density at radius 1 is 0.966 bits per heavy atom. The van der Waals surface area contributed by atoms with E-state index in [1.807, 2.05) is 43.3 Å². The van der Waals surface area contributed by atoms with E-state index in [0.717, 1.165) is 21.7 Å². The van der Waals surface area contributed by atoms with Crippen LogP contribution in [0, 0.1) is 6.92 Å². The average Bonchev–Trinajstić information content (AvgIpc) is 3.09. The Kier molecular flexibility index (Phi) is 4.87. The van der Waals surface area contributed by atoms with Crippen molar-refractivity contribution in [2.45, 2.75) is 6.92 Å². The summed E-state index contributed by atoms with van der Waals surface area (Å²) in [5.41, 5.74) is 2.24. The van der Waals surface area contributed by atoms with E-state index in [1.54, 1.807) is 30.3 Å². The van der Waals surface area contributed by atoms with Crippen LogP contribution in [0.25, 0.3) is 21.7 Å². The molecular weight excluding hydrogens is 364 g/mol. The zero-order chi connectivity index (χ0) is 20.4. The van der Waals surface area contributed by atoms with Crippen LogP contribution < -0.4 is 10.6 Å². The van der Waals surface area contributed by atoms with Crippen molar-refractivity contribution in [3.8, 4) is 0 Å². The van der Waals surface area contributed by atoms with Gasteiger partial charge in [-0.25, -0.2) is 0 Å². The molecule has 144 valence electrons. The van der Waals surface area contributed by atoms with Crippen molar-refractivity contribution in [1.82, 2.24) is 5.32 Å². The SMILES string of the molecule is C=CCNC(=O)c1ccccc1NC(=O)c1oc2c(ccc3ccccc32)c1C. The fraction of sp³-hybridized carbons (Fsp3) is 0.0833. The number of fused-ring (bicyclic) bond motifs is 3. The average molecular weight is 384 g/mol. The van der Waals surface area contributed by atoms with Gasteiger partial charge in [0.15, 0.2) is 5.76 Å². The highest BCUT2D eigenvalue weighted by molar-refractivity contribution is 6.13. The summed E-state index contributed by atoms with van der Waals surface area (Å²) >= 11 is 0. The predicted molar refractivity (Wildman–Crippen MR) is 115 cm³/mol. The molecule has 5 heteroatoms. The van der Waals surface area contributed by atoms with Crippen molar-refractivity contribution < 1.29 is 14.0 Å². The van der Waals surface area contributed by atoms with Gasteiger partial charge in [0.05, 0.1) is 11.3 Å². The van der Waals surface area contributed by atoms with Crippen molar-refractivity contribution in [2.24, 2.45) is 0 Å². The Balaban J connectivity index is 1.70. The van der Waals surface area contributed by atoms with Crippen LogP contribution in [0.1, 0.15) is 26.5 Å². The van der Waals surface area contributed by atoms with Crippen molar-refractivity contribution in [2.75, 3.05) is 11.9 Å². The molecule has 0 saturated heterocycles. The van der Waals surface area contributed by atoms with Crippen molar-refractivity contribution >= 4 is 39.2 Å². The number of aryl methyl sites for hydroxylation is 1. The highest BCUT2D eigenvalue weighted by atomic mass is 16.3. The van der Waals surface area contributed by atoms with Crippen molar-refractivity contribution in [1.29, 1.82) is 0 Å². The van der Waals surface area contributed by atoms with Crippen LogP contribution in [0.15, 0.2) is 77.7 Å². The minimum atomic E-state index is -0.397. The number of nitrogens with one attached hydrogen (secondary N) is 2. The highest BCUT2D eigenvalue weighted by Gasteiger charge is 2.21. The first-order valence-electron chi connectivity index (χ1n) is 9.30. The van der Waals surface area contributed by atoms with E-state index in [2.05, 4.69) is 17.2 Å². The molecule has 2 N–H and O–H groups in total. The smallest absolute Gasteiger partial charge is 0.291 e. The van der Waals surface area contributed by atoms with Crippen LogP contribution in [-0.4, -0.2) is 18.4 Å². The largest absolute Gasteiger partial charge is 0.450 e. The molecule has 2 amide bonds. The summed E-state index contributed by atoms with van der Waals surface area (Å²) in [6, 6.07) is 18.7. The molecule has 0 atom stereocenters. The molecule has 3 aromatic carbocycles. The molecule has 0 saturated carbocycles. The summed E-state index contributed by atoms with van der Waals surface area (Å²) in [5, 5.41) is 8.43. The topological polar surface area (TPSA) is 71.3 Å². The zero-order valence-electron chi connectivity index (χ0n) is 16.0. The molecule has 0 aliphatic carbocycles. The van der Waals surface area contributed by atoms with Gasteiger partial charge >= 0.3 is 0 Å². The maximum absolute atomic E-state index is 13.0. The van der Waals surface area contributed by atoms with E-state index < -0.39 is 5.91 Å². The summed E-state index contributed by atoms with van der Waals surface area (Å²) in [5.74, 6) is -0.447. The molecule has 1 heterocycles. The number of para-hydroxylation sites is 1. The highest BCUT2D eigenvalue weighted by Crippen LogP contribution is 2.32. The first-order chi connectivity index (χ1) is 14.1. The molecule has 0 spiro atoms. The van der Waals surface area contributed by atoms with Crippen LogP contribution in [-0.2, 0) is 0 Å². The molecule has 0 radical (unpaired) electrons. The first-order valence-corrected chi connectivity index (χ1v) is 9.30. The molecule has 0 aliphatic heterocycles. The number of furan rings is 1. The third kappa shape index (κ3) is 3.38. The Hall–Kier alpha value is -3.86. The Labute approximate surface area is 168 Å². The molecular formula is C24H20N2O3. The lowest BCUT2D eigenvalue weighted by atomic mass is 10.1. The Morgan fingerprint density at radius 3 is 2.55 bits per heavy atom. The summed E-state index contributed by atoms with van der Waals surface area (Å²) in [4.78, 5) is 25.3. The number of hydrogen-bond acceptors (Lipinski definition) is 3. The molecule has 0 fully saturated rings. The maximum atomic E-state index is 13.0. The molecule has 29 heavy (non-hydrogen) atoms. The van der Waals surface area contributed by atoms with Crippen LogP contribution >= 0.6 is 0 Å². The van der Waals surface area contributed by atoms with E-state index in [0.29, 0.717) is 23.4 Å². The molecule has 0 bridgehead atoms. The van der Waals surface area contributed by atoms with Gasteiger partial charge in [0, 0.05) is 22.9 Å². The molecule has 0 unspecified atom stereocenters. The quantitative estimate of drug-likeness (QED) is 0.472. The number of benzene rings is 3. The van der Waals surface area contributed by atoms with E-state index in [1.165, 1.54) is 0 Å². The van der Waals surface area contributed by atoms with E-state index in [-0.39, 0.29) is 11.7 Å². The first kappa shape index (κ1) is 18.5. The van der Waals surface area contributed by atoms with Gasteiger partial charge in [0.25, 0.3) is 11.8 Å². The van der Waals surface area contributed by atoms with Gasteiger partial charge in [0.1, 0.15) is 5.58 Å². The number of rotatable bonds is 5. The minimum Gasteiger partial charge on any atom is -0.450 e. The standard InChI is InChI=1S/C24H20N2O3/c1-3-14-25-23(27)19-10-6-7-11-20(19)26-24(28)21-15(2)17-13-12-16-8-4-5-9-18(16)22(17)29-21/h3-13H,1,14H2,2H3,(H,25,27)(H,26,28). The molecule has 5 nitrogen and oxygen atoms in total. The number of amides is 2. The lowest BCUT2D eigenvalue weighted by Crippen LogP contribution is -2.25. The van der Waals surface area contributed by atoms with Crippen molar-refractivity contribution in [3.63, 3.8) is 0 Å². The van der Waals surface area contributed by atoms with Gasteiger partial charge in [0.2, 0.25) is 0 Å². The molecule has 0 aliphatic rings. The second-order valence-corrected chi connectivity index (χ2v) is 6.72. The predicted octanol–water partition coefficient (Wildman–Crippen LogP) is 5.06. The monoisotopic (exact) mass is 384 g/mol. The van der Waals surface area contributed by atoms with Gasteiger partial charge in [-0.1, -0.05) is 54.6 Å². The van der Waals surface area contributed by atoms with Crippen molar-refractivity contribution in [3.05, 3.63) is 90.2 Å². The van der Waals surface area contributed by atoms with E-state index in [4.69, 9.17) is 4.42 Å². The minimum absolute atomic E-state index is 0.234. The fourth-order valence-electron chi connectivity index (χ4n) is 3.40. The summed E-state index contributed by atoms with van der Waals surface area (Å²) in [6.07, 6.45) is 1.60. The molecule has 4 rings (SSSR count). The van der Waals surface area contributed by atoms with Gasteiger partial charge in [-0.05, 0) is 24.4 Å². The summed E-state index contributed by atoms with van der Waals surface area (Å²) in [6.45, 7) is 5.80. The van der Waals surface area contributed by atoms with Crippen LogP contribution in [0.4, 0.5) is 5.69 Å². The number of anilines is 1. The number of carbonyl (C=O) groups excluding carboxylic acids is 2. The maximum Gasteiger partial charge on any atom is 0.291 e. The molecule has 4 aromatic rings. The third-order valence-corrected chi connectivity index (χ3v) is 4.86. The Morgan fingerprint density at radius 2 is 1.72 bits per heavy atom. The van der Waals surface area contributed by atoms with Gasteiger partial charge in [-0.3, -0.25) is 9.59 Å². The second-order valence-electron chi connectivity index (χ2n) is 6.72. The zero-order valence-corrected chi connectivity index (χ0v) is 16.0. The molecule has 1 aromatic heterocycles. The van der Waals surface area contributed by atoms with E-state index >= 15 is 0 Å². The van der Waals surface area contributed by atoms with Crippen LogP contribution in [0.3, 0.4) is 0 Å². The lowest BCUT2D eigenvalue weighted by molar-refractivity contribution is 0.0959. The lowest BCUT2D eigenvalue weighted by Gasteiger charge is -2.10. The summed E-state index contributed by atoms with van der Waals surface area (Å²) in [7, 11) is 0. The number of carbonyl (C=O) groups is 2. The van der Waals surface area contributed by atoms with Gasteiger partial charge in [-0.2, -0.15) is 0 Å². The fourth-order valence-corrected chi connectivity index (χ4v) is 3.40. The van der Waals surface area contributed by atoms with Gasteiger partial charge < -0.3 is 15.1 Å². The van der Waals surface area contributed by atoms with Gasteiger partial charge in [-0.15, -0.1) is 6.58 Å². The van der Waals surface area contributed by atoms with Crippen LogP contribution in [0.5, 0.6) is 0 Å². The summed E-state index contributed by atoms with van der Waals surface area (Å²) < 4.78 is 5.99. The Bertz CT molecular complexity index is 1250. The third-order valence-electron chi connectivity index (χ3n) is 4.86. The van der Waals surface area contributed by atoms with Crippen LogP contribution in [0.2, 0.25) is 0 Å².